The normalized spacial score (nSPS) is 18.8. The van der Waals surface area contributed by atoms with Gasteiger partial charge in [-0.05, 0) is 37.1 Å². The van der Waals surface area contributed by atoms with Crippen LogP contribution < -0.4 is 0 Å². The standard InChI is InChI=1S/C21H24N2O2/c1-22-19-8-3-2-7-17(19)18-10-9-15(12-20(18)22)14-23-11-5-4-6-16(23)13-21(24)25/h2-3,7-10,12,16H,4-6,11,13-14H2,1H3,(H,24,25). The average Bonchev–Trinajstić information content (AvgIpc) is 2.89. The Morgan fingerprint density at radius 1 is 1.12 bits per heavy atom. The van der Waals surface area contributed by atoms with Gasteiger partial charge in [0.1, 0.15) is 0 Å². The molecule has 0 bridgehead atoms. The molecule has 1 aromatic heterocycles. The lowest BCUT2D eigenvalue weighted by atomic mass is 9.98. The van der Waals surface area contributed by atoms with Crippen LogP contribution in [0, 0.1) is 0 Å². The molecule has 1 atom stereocenters. The summed E-state index contributed by atoms with van der Waals surface area (Å²) in [5, 5.41) is 11.7. The predicted octanol–water partition coefficient (Wildman–Crippen LogP) is 4.16. The number of para-hydroxylation sites is 1. The number of aromatic nitrogens is 1. The zero-order valence-corrected chi connectivity index (χ0v) is 14.6. The first-order valence-electron chi connectivity index (χ1n) is 9.05. The van der Waals surface area contributed by atoms with Crippen molar-refractivity contribution in [2.45, 2.75) is 38.3 Å². The van der Waals surface area contributed by atoms with Gasteiger partial charge >= 0.3 is 5.97 Å². The Bertz CT molecular complexity index is 928. The molecule has 0 aliphatic carbocycles. The number of aryl methyl sites for hydroxylation is 1. The second kappa shape index (κ2) is 6.52. The lowest BCUT2D eigenvalue weighted by molar-refractivity contribution is -0.138. The van der Waals surface area contributed by atoms with E-state index in [0.717, 1.165) is 32.4 Å². The second-order valence-electron chi connectivity index (χ2n) is 7.15. The molecule has 1 aliphatic heterocycles. The quantitative estimate of drug-likeness (QED) is 0.778. The van der Waals surface area contributed by atoms with E-state index in [0.29, 0.717) is 0 Å². The minimum atomic E-state index is -0.693. The fourth-order valence-corrected chi connectivity index (χ4v) is 4.24. The number of likely N-dealkylation sites (tertiary alicyclic amines) is 1. The maximum absolute atomic E-state index is 11.2. The molecule has 4 nitrogen and oxygen atoms in total. The van der Waals surface area contributed by atoms with Gasteiger partial charge in [0.15, 0.2) is 0 Å². The molecule has 4 heteroatoms. The van der Waals surface area contributed by atoms with Gasteiger partial charge in [-0.1, -0.05) is 36.8 Å². The van der Waals surface area contributed by atoms with Gasteiger partial charge in [-0.15, -0.1) is 0 Å². The van der Waals surface area contributed by atoms with E-state index in [2.05, 4.69) is 59.0 Å². The molecule has 1 N–H and O–H groups in total. The first-order valence-corrected chi connectivity index (χ1v) is 9.05. The zero-order valence-electron chi connectivity index (χ0n) is 14.6. The third kappa shape index (κ3) is 3.02. The highest BCUT2D eigenvalue weighted by atomic mass is 16.4. The van der Waals surface area contributed by atoms with Crippen molar-refractivity contribution < 1.29 is 9.90 Å². The molecule has 0 amide bonds. The fourth-order valence-electron chi connectivity index (χ4n) is 4.24. The van der Waals surface area contributed by atoms with Gasteiger partial charge in [0, 0.05) is 41.4 Å². The minimum Gasteiger partial charge on any atom is -0.481 e. The summed E-state index contributed by atoms with van der Waals surface area (Å²) in [7, 11) is 2.11. The number of carboxylic acids is 1. The Kier molecular flexibility index (Phi) is 4.22. The third-order valence-corrected chi connectivity index (χ3v) is 5.52. The van der Waals surface area contributed by atoms with Crippen molar-refractivity contribution >= 4 is 27.8 Å². The molecule has 3 aromatic rings. The van der Waals surface area contributed by atoms with E-state index in [1.807, 2.05) is 0 Å². The lowest BCUT2D eigenvalue weighted by Crippen LogP contribution is -2.40. The van der Waals surface area contributed by atoms with Gasteiger partial charge < -0.3 is 9.67 Å². The first kappa shape index (κ1) is 16.2. The van der Waals surface area contributed by atoms with E-state index >= 15 is 0 Å². The van der Waals surface area contributed by atoms with Crippen LogP contribution in [0.1, 0.15) is 31.2 Å². The Balaban J connectivity index is 1.66. The molecular formula is C21H24N2O2. The number of carboxylic acid groups (broad SMARTS) is 1. The summed E-state index contributed by atoms with van der Waals surface area (Å²) < 4.78 is 2.25. The van der Waals surface area contributed by atoms with Crippen molar-refractivity contribution in [1.29, 1.82) is 0 Å². The summed E-state index contributed by atoms with van der Waals surface area (Å²) in [6, 6.07) is 15.3. The molecule has 2 heterocycles. The van der Waals surface area contributed by atoms with Crippen LogP contribution in [0.15, 0.2) is 42.5 Å². The third-order valence-electron chi connectivity index (χ3n) is 5.52. The summed E-state index contributed by atoms with van der Waals surface area (Å²) in [4.78, 5) is 13.5. The highest BCUT2D eigenvalue weighted by Crippen LogP contribution is 2.29. The van der Waals surface area contributed by atoms with Crippen LogP contribution in [0.25, 0.3) is 21.8 Å². The second-order valence-corrected chi connectivity index (χ2v) is 7.15. The molecule has 1 fully saturated rings. The number of benzene rings is 2. The van der Waals surface area contributed by atoms with Crippen LogP contribution in [-0.2, 0) is 18.4 Å². The van der Waals surface area contributed by atoms with Gasteiger partial charge in [-0.2, -0.15) is 0 Å². The Morgan fingerprint density at radius 2 is 1.92 bits per heavy atom. The van der Waals surface area contributed by atoms with Gasteiger partial charge in [-0.25, -0.2) is 0 Å². The van der Waals surface area contributed by atoms with Crippen molar-refractivity contribution in [1.82, 2.24) is 9.47 Å². The number of aliphatic carboxylic acids is 1. The first-order chi connectivity index (χ1) is 12.1. The highest BCUT2D eigenvalue weighted by molar-refractivity contribution is 6.08. The highest BCUT2D eigenvalue weighted by Gasteiger charge is 2.24. The smallest absolute Gasteiger partial charge is 0.304 e. The molecule has 1 saturated heterocycles. The minimum absolute atomic E-state index is 0.162. The molecule has 0 spiro atoms. The van der Waals surface area contributed by atoms with Crippen LogP contribution in [-0.4, -0.2) is 33.1 Å². The van der Waals surface area contributed by atoms with Crippen LogP contribution in [0.4, 0.5) is 0 Å². The summed E-state index contributed by atoms with van der Waals surface area (Å²) in [6.07, 6.45) is 3.53. The molecule has 0 radical (unpaired) electrons. The van der Waals surface area contributed by atoms with E-state index in [1.165, 1.54) is 27.4 Å². The van der Waals surface area contributed by atoms with Gasteiger partial charge in [0.25, 0.3) is 0 Å². The molecule has 2 aromatic carbocycles. The maximum atomic E-state index is 11.2. The number of fused-ring (bicyclic) bond motifs is 3. The summed E-state index contributed by atoms with van der Waals surface area (Å²) in [5.41, 5.74) is 3.75. The van der Waals surface area contributed by atoms with E-state index in [9.17, 15) is 9.90 Å². The van der Waals surface area contributed by atoms with Crippen molar-refractivity contribution in [2.24, 2.45) is 7.05 Å². The van der Waals surface area contributed by atoms with Gasteiger partial charge in [-0.3, -0.25) is 9.69 Å². The van der Waals surface area contributed by atoms with Crippen molar-refractivity contribution in [2.75, 3.05) is 6.54 Å². The van der Waals surface area contributed by atoms with E-state index in [4.69, 9.17) is 0 Å². The monoisotopic (exact) mass is 336 g/mol. The van der Waals surface area contributed by atoms with E-state index < -0.39 is 5.97 Å². The number of rotatable bonds is 4. The molecule has 25 heavy (non-hydrogen) atoms. The molecule has 1 unspecified atom stereocenters. The fraction of sp³-hybridized carbons (Fsp3) is 0.381. The summed E-state index contributed by atoms with van der Waals surface area (Å²) >= 11 is 0. The maximum Gasteiger partial charge on any atom is 0.304 e. The van der Waals surface area contributed by atoms with E-state index in [1.54, 1.807) is 0 Å². The van der Waals surface area contributed by atoms with Crippen LogP contribution >= 0.6 is 0 Å². The lowest BCUT2D eigenvalue weighted by Gasteiger charge is -2.35. The van der Waals surface area contributed by atoms with Crippen LogP contribution in [0.2, 0.25) is 0 Å². The number of nitrogens with zero attached hydrogens (tertiary/aromatic N) is 2. The number of hydrogen-bond acceptors (Lipinski definition) is 2. The van der Waals surface area contributed by atoms with Crippen LogP contribution in [0.5, 0.6) is 0 Å². The number of carbonyl (C=O) groups is 1. The van der Waals surface area contributed by atoms with Crippen molar-refractivity contribution in [3.63, 3.8) is 0 Å². The van der Waals surface area contributed by atoms with Crippen molar-refractivity contribution in [3.8, 4) is 0 Å². The van der Waals surface area contributed by atoms with Crippen LogP contribution in [0.3, 0.4) is 0 Å². The average molecular weight is 336 g/mol. The zero-order chi connectivity index (χ0) is 17.4. The van der Waals surface area contributed by atoms with E-state index in [-0.39, 0.29) is 12.5 Å². The van der Waals surface area contributed by atoms with Gasteiger partial charge in [0.2, 0.25) is 0 Å². The molecule has 130 valence electrons. The number of hydrogen-bond donors (Lipinski definition) is 1. The molecule has 1 aliphatic rings. The van der Waals surface area contributed by atoms with Gasteiger partial charge in [0.05, 0.1) is 6.42 Å². The topological polar surface area (TPSA) is 45.5 Å². The Morgan fingerprint density at radius 3 is 2.76 bits per heavy atom. The number of piperidine rings is 1. The Hall–Kier alpha value is -2.33. The molecule has 0 saturated carbocycles. The SMILES string of the molecule is Cn1c2ccccc2c2ccc(CN3CCCCC3CC(=O)O)cc21. The van der Waals surface area contributed by atoms with Crippen molar-refractivity contribution in [3.05, 3.63) is 48.0 Å². The largest absolute Gasteiger partial charge is 0.481 e. The predicted molar refractivity (Wildman–Crippen MR) is 101 cm³/mol. The summed E-state index contributed by atoms with van der Waals surface area (Å²) in [6.45, 7) is 1.82. The Labute approximate surface area is 147 Å². The summed E-state index contributed by atoms with van der Waals surface area (Å²) in [5.74, 6) is -0.693. The molecule has 4 rings (SSSR count). The molecular weight excluding hydrogens is 312 g/mol.